The van der Waals surface area contributed by atoms with Crippen LogP contribution in [0.15, 0.2) is 0 Å². The van der Waals surface area contributed by atoms with Gasteiger partial charge >= 0.3 is 5.97 Å². The van der Waals surface area contributed by atoms with Gasteiger partial charge in [0.1, 0.15) is 6.10 Å². The Morgan fingerprint density at radius 1 is 1.18 bits per heavy atom. The van der Waals surface area contributed by atoms with Crippen LogP contribution in [0, 0.1) is 0 Å². The number of aliphatic hydroxyl groups is 2. The Hall–Kier alpha value is -0.690. The zero-order valence-electron chi connectivity index (χ0n) is 13.6. The Morgan fingerprint density at radius 2 is 1.82 bits per heavy atom. The number of carboxylic acid groups (broad SMARTS) is 1. The highest BCUT2D eigenvalue weighted by atomic mass is 16.7. The van der Waals surface area contributed by atoms with Gasteiger partial charge in [-0.3, -0.25) is 4.79 Å². The molecule has 5 atom stereocenters. The van der Waals surface area contributed by atoms with Crippen molar-refractivity contribution in [2.45, 2.75) is 95.9 Å². The number of rotatable bonds is 10. The molecule has 6 heteroatoms. The molecule has 1 unspecified atom stereocenters. The lowest BCUT2D eigenvalue weighted by Crippen LogP contribution is -2.48. The van der Waals surface area contributed by atoms with Crippen molar-refractivity contribution < 1.29 is 29.6 Å². The fourth-order valence-electron chi connectivity index (χ4n) is 2.60. The van der Waals surface area contributed by atoms with E-state index in [1.54, 1.807) is 6.92 Å². The van der Waals surface area contributed by atoms with E-state index in [2.05, 4.69) is 0 Å². The van der Waals surface area contributed by atoms with Crippen LogP contribution in [0.3, 0.4) is 0 Å². The van der Waals surface area contributed by atoms with Gasteiger partial charge in [0.25, 0.3) is 0 Å². The number of aliphatic hydroxyl groups excluding tert-OH is 2. The summed E-state index contributed by atoms with van der Waals surface area (Å²) in [7, 11) is 0. The molecule has 0 bridgehead atoms. The molecule has 0 aromatic rings. The second kappa shape index (κ2) is 10.2. The van der Waals surface area contributed by atoms with Crippen LogP contribution < -0.4 is 0 Å². The largest absolute Gasteiger partial charge is 0.481 e. The molecule has 130 valence electrons. The molecule has 0 spiro atoms. The first kappa shape index (κ1) is 19.4. The van der Waals surface area contributed by atoms with Crippen LogP contribution in [0.4, 0.5) is 0 Å². The highest BCUT2D eigenvalue weighted by Gasteiger charge is 2.35. The normalized spacial score (nSPS) is 30.2. The smallest absolute Gasteiger partial charge is 0.303 e. The molecule has 0 aromatic heterocycles. The van der Waals surface area contributed by atoms with Gasteiger partial charge in [-0.1, -0.05) is 25.7 Å². The quantitative estimate of drug-likeness (QED) is 0.534. The van der Waals surface area contributed by atoms with Crippen molar-refractivity contribution in [2.75, 3.05) is 0 Å². The Kier molecular flexibility index (Phi) is 8.93. The third-order valence-corrected chi connectivity index (χ3v) is 4.06. The summed E-state index contributed by atoms with van der Waals surface area (Å²) in [6.45, 7) is 3.73. The van der Waals surface area contributed by atoms with Crippen LogP contribution in [0.2, 0.25) is 0 Å². The maximum absolute atomic E-state index is 10.4. The van der Waals surface area contributed by atoms with Crippen molar-refractivity contribution in [1.29, 1.82) is 0 Å². The summed E-state index contributed by atoms with van der Waals surface area (Å²) in [6, 6.07) is 0. The lowest BCUT2D eigenvalue weighted by atomic mass is 10.0. The van der Waals surface area contributed by atoms with Gasteiger partial charge < -0.3 is 24.8 Å². The molecule has 0 amide bonds. The molecular weight excluding hydrogens is 288 g/mol. The van der Waals surface area contributed by atoms with E-state index >= 15 is 0 Å². The summed E-state index contributed by atoms with van der Waals surface area (Å²) in [4.78, 5) is 10.4. The van der Waals surface area contributed by atoms with Gasteiger partial charge in [-0.15, -0.1) is 0 Å². The third kappa shape index (κ3) is 7.54. The van der Waals surface area contributed by atoms with Crippen LogP contribution in [0.5, 0.6) is 0 Å². The van der Waals surface area contributed by atoms with Crippen LogP contribution in [-0.4, -0.2) is 52.0 Å². The lowest BCUT2D eigenvalue weighted by Gasteiger charge is -2.36. The van der Waals surface area contributed by atoms with Crippen molar-refractivity contribution in [1.82, 2.24) is 0 Å². The van der Waals surface area contributed by atoms with Gasteiger partial charge in [0.2, 0.25) is 0 Å². The molecule has 0 aliphatic carbocycles. The zero-order chi connectivity index (χ0) is 16.5. The highest BCUT2D eigenvalue weighted by Crippen LogP contribution is 2.23. The Balaban J connectivity index is 2.08. The van der Waals surface area contributed by atoms with E-state index in [1.807, 2.05) is 6.92 Å². The van der Waals surface area contributed by atoms with Crippen molar-refractivity contribution >= 4 is 5.97 Å². The van der Waals surface area contributed by atoms with Crippen LogP contribution >= 0.6 is 0 Å². The molecule has 0 aromatic carbocycles. The van der Waals surface area contributed by atoms with Crippen molar-refractivity contribution in [3.63, 3.8) is 0 Å². The molecule has 1 heterocycles. The number of hydrogen-bond acceptors (Lipinski definition) is 5. The topological polar surface area (TPSA) is 96.2 Å². The molecule has 1 aliphatic rings. The molecule has 1 fully saturated rings. The fraction of sp³-hybridized carbons (Fsp3) is 0.938. The zero-order valence-corrected chi connectivity index (χ0v) is 13.6. The predicted molar refractivity (Wildman–Crippen MR) is 81.5 cm³/mol. The first-order valence-corrected chi connectivity index (χ1v) is 8.29. The first-order chi connectivity index (χ1) is 10.4. The molecule has 6 nitrogen and oxygen atoms in total. The standard InChI is InChI=1S/C16H30O6/c1-11(8-6-4-3-5-7-9-15(19)20)21-16-14(18)10-13(17)12(2)22-16/h11-14,16-18H,3-10H2,1-2H3,(H,19,20)/t11?,12-,13+,14+,16+/m0/s1. The SMILES string of the molecule is CC(CCCCCCCC(=O)O)O[C@@H]1O[C@@H](C)[C@H](O)C[C@H]1O. The Labute approximate surface area is 132 Å². The van der Waals surface area contributed by atoms with E-state index in [0.29, 0.717) is 0 Å². The number of hydrogen-bond donors (Lipinski definition) is 3. The van der Waals surface area contributed by atoms with Crippen LogP contribution in [0.1, 0.15) is 65.2 Å². The number of ether oxygens (including phenoxy) is 2. The average Bonchev–Trinajstić information content (AvgIpc) is 2.43. The summed E-state index contributed by atoms with van der Waals surface area (Å²) in [6.07, 6.45) is 3.76. The number of aliphatic carboxylic acids is 1. The second-order valence-electron chi connectivity index (χ2n) is 6.23. The summed E-state index contributed by atoms with van der Waals surface area (Å²) in [5.74, 6) is -0.729. The average molecular weight is 318 g/mol. The molecule has 1 saturated heterocycles. The van der Waals surface area contributed by atoms with Gasteiger partial charge in [-0.05, 0) is 26.7 Å². The van der Waals surface area contributed by atoms with Gasteiger partial charge in [0.05, 0.1) is 18.3 Å². The van der Waals surface area contributed by atoms with E-state index in [4.69, 9.17) is 14.6 Å². The van der Waals surface area contributed by atoms with Gasteiger partial charge in [-0.2, -0.15) is 0 Å². The fourth-order valence-corrected chi connectivity index (χ4v) is 2.60. The maximum atomic E-state index is 10.4. The van der Waals surface area contributed by atoms with Gasteiger partial charge in [0.15, 0.2) is 6.29 Å². The molecule has 0 saturated carbocycles. The highest BCUT2D eigenvalue weighted by molar-refractivity contribution is 5.66. The maximum Gasteiger partial charge on any atom is 0.303 e. The summed E-state index contributed by atoms with van der Waals surface area (Å²) in [5.41, 5.74) is 0. The van der Waals surface area contributed by atoms with E-state index in [0.717, 1.165) is 38.5 Å². The van der Waals surface area contributed by atoms with E-state index in [1.165, 1.54) is 0 Å². The van der Waals surface area contributed by atoms with Crippen molar-refractivity contribution in [3.8, 4) is 0 Å². The van der Waals surface area contributed by atoms with Crippen LogP contribution in [-0.2, 0) is 14.3 Å². The minimum Gasteiger partial charge on any atom is -0.481 e. The third-order valence-electron chi connectivity index (χ3n) is 4.06. The molecule has 0 radical (unpaired) electrons. The lowest BCUT2D eigenvalue weighted by molar-refractivity contribution is -0.273. The van der Waals surface area contributed by atoms with E-state index < -0.39 is 24.5 Å². The number of unbranched alkanes of at least 4 members (excludes halogenated alkanes) is 4. The molecule has 3 N–H and O–H groups in total. The Bertz CT molecular complexity index is 322. The summed E-state index contributed by atoms with van der Waals surface area (Å²) in [5, 5.41) is 28.0. The number of carbonyl (C=O) groups is 1. The number of carboxylic acids is 1. The first-order valence-electron chi connectivity index (χ1n) is 8.29. The Morgan fingerprint density at radius 3 is 2.50 bits per heavy atom. The molecule has 22 heavy (non-hydrogen) atoms. The molecular formula is C16H30O6. The monoisotopic (exact) mass is 318 g/mol. The minimum atomic E-state index is -0.787. The summed E-state index contributed by atoms with van der Waals surface area (Å²) >= 11 is 0. The predicted octanol–water partition coefficient (Wildman–Crippen LogP) is 2.06. The molecule has 1 aliphatic heterocycles. The van der Waals surface area contributed by atoms with Crippen molar-refractivity contribution in [3.05, 3.63) is 0 Å². The minimum absolute atomic E-state index is 0.0129. The summed E-state index contributed by atoms with van der Waals surface area (Å²) < 4.78 is 11.2. The second-order valence-corrected chi connectivity index (χ2v) is 6.23. The van der Waals surface area contributed by atoms with Gasteiger partial charge in [0, 0.05) is 12.8 Å². The van der Waals surface area contributed by atoms with Gasteiger partial charge in [-0.25, -0.2) is 0 Å². The van der Waals surface area contributed by atoms with E-state index in [-0.39, 0.29) is 25.0 Å². The molecule has 1 rings (SSSR count). The van der Waals surface area contributed by atoms with Crippen LogP contribution in [0.25, 0.3) is 0 Å². The van der Waals surface area contributed by atoms with Crippen molar-refractivity contribution in [2.24, 2.45) is 0 Å². The van der Waals surface area contributed by atoms with E-state index in [9.17, 15) is 15.0 Å².